The van der Waals surface area contributed by atoms with Crippen LogP contribution in [0.25, 0.3) is 0 Å². The summed E-state index contributed by atoms with van der Waals surface area (Å²) in [5, 5.41) is 13.3. The molecule has 0 aliphatic heterocycles. The molecule has 0 aromatic rings. The van der Waals surface area contributed by atoms with Crippen LogP contribution in [0.5, 0.6) is 0 Å². The standard InChI is InChI=1S/C13H27NO2/c1-11-5-4-7-13(9-11,10-15)14-12(2)6-8-16-3/h11-12,14-15H,4-10H2,1-3H3. The van der Waals surface area contributed by atoms with Gasteiger partial charge in [0.2, 0.25) is 0 Å². The van der Waals surface area contributed by atoms with E-state index in [1.165, 1.54) is 12.8 Å². The van der Waals surface area contributed by atoms with E-state index in [2.05, 4.69) is 19.2 Å². The third-order valence-electron chi connectivity index (χ3n) is 3.70. The van der Waals surface area contributed by atoms with Gasteiger partial charge in [0.05, 0.1) is 6.61 Å². The molecule has 0 radical (unpaired) electrons. The summed E-state index contributed by atoms with van der Waals surface area (Å²) in [6, 6.07) is 0.414. The molecule has 3 unspecified atom stereocenters. The summed E-state index contributed by atoms with van der Waals surface area (Å²) < 4.78 is 5.09. The highest BCUT2D eigenvalue weighted by Gasteiger charge is 2.34. The monoisotopic (exact) mass is 229 g/mol. The smallest absolute Gasteiger partial charge is 0.0613 e. The van der Waals surface area contributed by atoms with Crippen LogP contribution >= 0.6 is 0 Å². The maximum atomic E-state index is 9.64. The van der Waals surface area contributed by atoms with E-state index in [-0.39, 0.29) is 12.1 Å². The van der Waals surface area contributed by atoms with E-state index in [1.54, 1.807) is 7.11 Å². The van der Waals surface area contributed by atoms with Crippen molar-refractivity contribution in [2.45, 2.75) is 57.5 Å². The minimum absolute atomic E-state index is 0.0369. The Kier molecular flexibility index (Phi) is 5.73. The molecular formula is C13H27NO2. The topological polar surface area (TPSA) is 41.5 Å². The third kappa shape index (κ3) is 4.04. The second kappa shape index (κ2) is 6.58. The molecule has 1 aliphatic rings. The zero-order valence-corrected chi connectivity index (χ0v) is 11.0. The molecule has 0 aromatic heterocycles. The molecule has 0 bridgehead atoms. The van der Waals surface area contributed by atoms with E-state index >= 15 is 0 Å². The van der Waals surface area contributed by atoms with Crippen LogP contribution < -0.4 is 5.32 Å². The highest BCUT2D eigenvalue weighted by atomic mass is 16.5. The second-order valence-corrected chi connectivity index (χ2v) is 5.47. The predicted octanol–water partition coefficient (Wildman–Crippen LogP) is 1.94. The maximum absolute atomic E-state index is 9.64. The zero-order valence-electron chi connectivity index (χ0n) is 11.0. The third-order valence-corrected chi connectivity index (χ3v) is 3.70. The van der Waals surface area contributed by atoms with Gasteiger partial charge in [0.25, 0.3) is 0 Å². The van der Waals surface area contributed by atoms with E-state index in [4.69, 9.17) is 4.74 Å². The molecule has 0 aromatic carbocycles. The Morgan fingerprint density at radius 2 is 2.31 bits per heavy atom. The van der Waals surface area contributed by atoms with Gasteiger partial charge in [0.1, 0.15) is 0 Å². The van der Waals surface area contributed by atoms with E-state index in [1.807, 2.05) is 0 Å². The van der Waals surface area contributed by atoms with Gasteiger partial charge in [-0.1, -0.05) is 19.8 Å². The fraction of sp³-hybridized carbons (Fsp3) is 1.00. The number of aliphatic hydroxyl groups is 1. The summed E-state index contributed by atoms with van der Waals surface area (Å²) in [5.41, 5.74) is -0.0369. The first-order chi connectivity index (χ1) is 7.62. The lowest BCUT2D eigenvalue weighted by Gasteiger charge is -2.41. The Hall–Kier alpha value is -0.120. The summed E-state index contributed by atoms with van der Waals surface area (Å²) in [4.78, 5) is 0. The first-order valence-electron chi connectivity index (χ1n) is 6.49. The molecule has 3 heteroatoms. The highest BCUT2D eigenvalue weighted by molar-refractivity contribution is 4.93. The Labute approximate surface area is 99.6 Å². The van der Waals surface area contributed by atoms with E-state index in [0.717, 1.165) is 31.8 Å². The second-order valence-electron chi connectivity index (χ2n) is 5.47. The molecule has 3 nitrogen and oxygen atoms in total. The van der Waals surface area contributed by atoms with Crippen LogP contribution in [0.1, 0.15) is 46.0 Å². The van der Waals surface area contributed by atoms with Crippen molar-refractivity contribution >= 4 is 0 Å². The summed E-state index contributed by atoms with van der Waals surface area (Å²) in [6.45, 7) is 5.50. The van der Waals surface area contributed by atoms with Crippen LogP contribution in [-0.2, 0) is 4.74 Å². The molecule has 1 fully saturated rings. The van der Waals surface area contributed by atoms with Crippen molar-refractivity contribution in [3.63, 3.8) is 0 Å². The van der Waals surface area contributed by atoms with Gasteiger partial charge in [-0.05, 0) is 32.1 Å². The van der Waals surface area contributed by atoms with Crippen molar-refractivity contribution in [2.24, 2.45) is 5.92 Å². The van der Waals surface area contributed by atoms with Crippen molar-refractivity contribution < 1.29 is 9.84 Å². The lowest BCUT2D eigenvalue weighted by atomic mass is 9.76. The molecule has 96 valence electrons. The molecular weight excluding hydrogens is 202 g/mol. The van der Waals surface area contributed by atoms with Crippen LogP contribution in [0.2, 0.25) is 0 Å². The van der Waals surface area contributed by atoms with Crippen molar-refractivity contribution in [3.05, 3.63) is 0 Å². The Morgan fingerprint density at radius 1 is 1.56 bits per heavy atom. The molecule has 0 saturated heterocycles. The number of hydrogen-bond acceptors (Lipinski definition) is 3. The van der Waals surface area contributed by atoms with Gasteiger partial charge in [0, 0.05) is 25.3 Å². The largest absolute Gasteiger partial charge is 0.394 e. The molecule has 2 N–H and O–H groups in total. The molecule has 0 heterocycles. The minimum atomic E-state index is -0.0369. The number of nitrogens with one attached hydrogen (secondary N) is 1. The predicted molar refractivity (Wildman–Crippen MR) is 66.5 cm³/mol. The van der Waals surface area contributed by atoms with Crippen LogP contribution in [0.4, 0.5) is 0 Å². The number of methoxy groups -OCH3 is 1. The Balaban J connectivity index is 2.45. The van der Waals surface area contributed by atoms with Crippen LogP contribution in [-0.4, -0.2) is 37.0 Å². The maximum Gasteiger partial charge on any atom is 0.0613 e. The van der Waals surface area contributed by atoms with E-state index in [9.17, 15) is 5.11 Å². The first-order valence-corrected chi connectivity index (χ1v) is 6.49. The number of ether oxygens (including phenoxy) is 1. The fourth-order valence-electron chi connectivity index (χ4n) is 2.87. The normalized spacial score (nSPS) is 32.6. The van der Waals surface area contributed by atoms with Crippen molar-refractivity contribution in [3.8, 4) is 0 Å². The van der Waals surface area contributed by atoms with Gasteiger partial charge in [0.15, 0.2) is 0 Å². The lowest BCUT2D eigenvalue weighted by molar-refractivity contribution is 0.0836. The highest BCUT2D eigenvalue weighted by Crippen LogP contribution is 2.32. The average molecular weight is 229 g/mol. The van der Waals surface area contributed by atoms with Gasteiger partial charge in [-0.3, -0.25) is 0 Å². The van der Waals surface area contributed by atoms with Gasteiger partial charge < -0.3 is 15.2 Å². The summed E-state index contributed by atoms with van der Waals surface area (Å²) in [5.74, 6) is 0.725. The van der Waals surface area contributed by atoms with Crippen LogP contribution in [0, 0.1) is 5.92 Å². The summed E-state index contributed by atoms with van der Waals surface area (Å²) in [6.07, 6.45) is 5.74. The SMILES string of the molecule is COCCC(C)NC1(CO)CCCC(C)C1. The number of rotatable bonds is 6. The molecule has 0 amide bonds. The Bertz CT molecular complexity index is 198. The van der Waals surface area contributed by atoms with E-state index < -0.39 is 0 Å². The minimum Gasteiger partial charge on any atom is -0.394 e. The Morgan fingerprint density at radius 3 is 2.88 bits per heavy atom. The molecule has 16 heavy (non-hydrogen) atoms. The van der Waals surface area contributed by atoms with Crippen molar-refractivity contribution in [2.75, 3.05) is 20.3 Å². The molecule has 0 spiro atoms. The lowest BCUT2D eigenvalue weighted by Crippen LogP contribution is -2.54. The molecule has 1 saturated carbocycles. The fourth-order valence-corrected chi connectivity index (χ4v) is 2.87. The quantitative estimate of drug-likeness (QED) is 0.731. The summed E-state index contributed by atoms with van der Waals surface area (Å²) in [7, 11) is 1.73. The molecule has 1 aliphatic carbocycles. The van der Waals surface area contributed by atoms with Crippen molar-refractivity contribution in [1.82, 2.24) is 5.32 Å². The van der Waals surface area contributed by atoms with Gasteiger partial charge in [-0.25, -0.2) is 0 Å². The molecule has 1 rings (SSSR count). The van der Waals surface area contributed by atoms with Gasteiger partial charge >= 0.3 is 0 Å². The zero-order chi connectivity index (χ0) is 12.0. The van der Waals surface area contributed by atoms with E-state index in [0.29, 0.717) is 6.04 Å². The summed E-state index contributed by atoms with van der Waals surface area (Å²) >= 11 is 0. The average Bonchev–Trinajstić information content (AvgIpc) is 2.26. The van der Waals surface area contributed by atoms with Crippen LogP contribution in [0.3, 0.4) is 0 Å². The molecule has 3 atom stereocenters. The van der Waals surface area contributed by atoms with Crippen molar-refractivity contribution in [1.29, 1.82) is 0 Å². The van der Waals surface area contributed by atoms with Gasteiger partial charge in [-0.15, -0.1) is 0 Å². The number of hydrogen-bond donors (Lipinski definition) is 2. The van der Waals surface area contributed by atoms with Crippen LogP contribution in [0.15, 0.2) is 0 Å². The number of aliphatic hydroxyl groups excluding tert-OH is 1. The first kappa shape index (κ1) is 13.9. The van der Waals surface area contributed by atoms with Gasteiger partial charge in [-0.2, -0.15) is 0 Å².